The van der Waals surface area contributed by atoms with Crippen LogP contribution < -0.4 is 19.7 Å². The van der Waals surface area contributed by atoms with Crippen LogP contribution in [0.25, 0.3) is 16.9 Å². The Labute approximate surface area is 275 Å². The number of anilines is 1. The van der Waals surface area contributed by atoms with Crippen LogP contribution in [0.4, 0.5) is 10.2 Å². The van der Waals surface area contributed by atoms with E-state index in [4.69, 9.17) is 26.2 Å². The molecule has 6 rings (SSSR count). The van der Waals surface area contributed by atoms with Crippen LogP contribution in [0.15, 0.2) is 97.1 Å². The van der Waals surface area contributed by atoms with E-state index in [0.29, 0.717) is 33.7 Å². The van der Waals surface area contributed by atoms with Crippen molar-refractivity contribution >= 4 is 41.0 Å². The van der Waals surface area contributed by atoms with Crippen LogP contribution in [0.5, 0.6) is 11.5 Å². The number of halogens is 2. The van der Waals surface area contributed by atoms with Gasteiger partial charge in [-0.1, -0.05) is 66.2 Å². The van der Waals surface area contributed by atoms with Crippen molar-refractivity contribution in [1.29, 1.82) is 0 Å². The van der Waals surface area contributed by atoms with Crippen LogP contribution in [0.2, 0.25) is 5.02 Å². The lowest BCUT2D eigenvalue weighted by atomic mass is 9.98. The first kappa shape index (κ1) is 31.2. The molecule has 8 nitrogen and oxygen atoms in total. The van der Waals surface area contributed by atoms with Crippen LogP contribution in [0, 0.1) is 5.82 Å². The predicted octanol–water partition coefficient (Wildman–Crippen LogP) is 6.83. The SMILES string of the molecule is COc1ccc(OC)c([C@H]2SCC(=O)N(CC(=O)NCc3ccc(F)cc3)c3c2c(-c2ccccc2)nn3-c2ccccc2Cl)c1. The lowest BCUT2D eigenvalue weighted by molar-refractivity contribution is -0.123. The molecule has 11 heteroatoms. The van der Waals surface area contributed by atoms with Crippen molar-refractivity contribution in [2.75, 3.05) is 31.4 Å². The molecule has 0 saturated carbocycles. The Morgan fingerprint density at radius 1 is 1.00 bits per heavy atom. The van der Waals surface area contributed by atoms with Crippen molar-refractivity contribution in [3.05, 3.63) is 125 Å². The first-order chi connectivity index (χ1) is 22.4. The van der Waals surface area contributed by atoms with Crippen molar-refractivity contribution in [3.63, 3.8) is 0 Å². The van der Waals surface area contributed by atoms with Gasteiger partial charge in [0.25, 0.3) is 0 Å². The van der Waals surface area contributed by atoms with Crippen LogP contribution in [-0.4, -0.2) is 48.1 Å². The summed E-state index contributed by atoms with van der Waals surface area (Å²) >= 11 is 8.16. The number of amides is 2. The van der Waals surface area contributed by atoms with Gasteiger partial charge in [-0.25, -0.2) is 9.07 Å². The first-order valence-corrected chi connectivity index (χ1v) is 15.9. The molecule has 0 aliphatic carbocycles. The number of hydrogen-bond acceptors (Lipinski definition) is 6. The molecule has 2 amide bonds. The van der Waals surface area contributed by atoms with Gasteiger partial charge in [-0.05, 0) is 48.0 Å². The molecule has 1 aromatic heterocycles. The topological polar surface area (TPSA) is 85.7 Å². The van der Waals surface area contributed by atoms with E-state index in [1.54, 1.807) is 37.1 Å². The highest BCUT2D eigenvalue weighted by molar-refractivity contribution is 8.00. The third-order valence-electron chi connectivity index (χ3n) is 7.64. The molecule has 2 heterocycles. The summed E-state index contributed by atoms with van der Waals surface area (Å²) < 4.78 is 26.5. The molecule has 4 aromatic carbocycles. The molecule has 5 aromatic rings. The largest absolute Gasteiger partial charge is 0.497 e. The fraction of sp³-hybridized carbons (Fsp3) is 0.171. The Morgan fingerprint density at radius 3 is 2.46 bits per heavy atom. The number of thioether (sulfide) groups is 1. The Bertz CT molecular complexity index is 1880. The number of aromatic nitrogens is 2. The summed E-state index contributed by atoms with van der Waals surface area (Å²) in [4.78, 5) is 29.0. The first-order valence-electron chi connectivity index (χ1n) is 14.5. The number of carbonyl (C=O) groups excluding carboxylic acids is 2. The number of carbonyl (C=O) groups is 2. The molecule has 0 bridgehead atoms. The summed E-state index contributed by atoms with van der Waals surface area (Å²) in [7, 11) is 3.19. The number of benzene rings is 4. The van der Waals surface area contributed by atoms with E-state index < -0.39 is 5.25 Å². The van der Waals surface area contributed by atoms with Gasteiger partial charge >= 0.3 is 0 Å². The summed E-state index contributed by atoms with van der Waals surface area (Å²) in [5.74, 6) is 0.715. The third-order valence-corrected chi connectivity index (χ3v) is 9.20. The van der Waals surface area contributed by atoms with Gasteiger partial charge in [0.2, 0.25) is 11.8 Å². The number of nitrogens with zero attached hydrogens (tertiary/aromatic N) is 3. The molecular formula is C35H30ClFN4O4S. The Morgan fingerprint density at radius 2 is 1.74 bits per heavy atom. The van der Waals surface area contributed by atoms with Gasteiger partial charge in [0.1, 0.15) is 29.7 Å². The number of hydrogen-bond donors (Lipinski definition) is 1. The van der Waals surface area contributed by atoms with Gasteiger partial charge in [0, 0.05) is 23.2 Å². The van der Waals surface area contributed by atoms with Crippen LogP contribution >= 0.6 is 23.4 Å². The quantitative estimate of drug-likeness (QED) is 0.187. The summed E-state index contributed by atoms with van der Waals surface area (Å²) in [6.07, 6.45) is 0. The number of rotatable bonds is 9. The zero-order valence-corrected chi connectivity index (χ0v) is 26.6. The van der Waals surface area contributed by atoms with Crippen molar-refractivity contribution < 1.29 is 23.5 Å². The van der Waals surface area contributed by atoms with E-state index in [0.717, 1.165) is 22.3 Å². The molecule has 0 radical (unpaired) electrons. The fourth-order valence-electron chi connectivity index (χ4n) is 5.41. The van der Waals surface area contributed by atoms with Crippen molar-refractivity contribution in [3.8, 4) is 28.4 Å². The molecule has 46 heavy (non-hydrogen) atoms. The van der Waals surface area contributed by atoms with Crippen molar-refractivity contribution in [1.82, 2.24) is 15.1 Å². The monoisotopic (exact) mass is 656 g/mol. The number of methoxy groups -OCH3 is 2. The fourth-order valence-corrected chi connectivity index (χ4v) is 6.84. The molecule has 234 valence electrons. The summed E-state index contributed by atoms with van der Waals surface area (Å²) in [5, 5.41) is 7.94. The van der Waals surface area contributed by atoms with E-state index in [1.165, 1.54) is 28.8 Å². The summed E-state index contributed by atoms with van der Waals surface area (Å²) in [6.45, 7) is -0.106. The van der Waals surface area contributed by atoms with Gasteiger partial charge in [0.15, 0.2) is 0 Å². The van der Waals surface area contributed by atoms with Crippen molar-refractivity contribution in [2.45, 2.75) is 11.8 Å². The summed E-state index contributed by atoms with van der Waals surface area (Å²) in [6, 6.07) is 28.3. The van der Waals surface area contributed by atoms with Crippen molar-refractivity contribution in [2.24, 2.45) is 0 Å². The zero-order valence-electron chi connectivity index (χ0n) is 25.1. The molecule has 0 saturated heterocycles. The highest BCUT2D eigenvalue weighted by atomic mass is 35.5. The van der Waals surface area contributed by atoms with E-state index in [2.05, 4.69) is 5.32 Å². The standard InChI is InChI=1S/C35H30ClFN4O4S/c1-44-25-16-17-29(45-2)26(18-25)34-32-33(23-8-4-3-5-9-23)39-41(28-11-7-6-10-27(28)36)35(32)40(31(43)21-46-34)20-30(42)38-19-22-12-14-24(37)15-13-22/h3-18,34H,19-21H2,1-2H3,(H,38,42)/t34-/m1/s1. The maximum Gasteiger partial charge on any atom is 0.240 e. The number of ether oxygens (including phenoxy) is 2. The lowest BCUT2D eigenvalue weighted by Crippen LogP contribution is -2.42. The van der Waals surface area contributed by atoms with Gasteiger partial charge in [-0.15, -0.1) is 11.8 Å². The van der Waals surface area contributed by atoms with Gasteiger partial charge in [0.05, 0.1) is 41.6 Å². The zero-order chi connectivity index (χ0) is 32.2. The predicted molar refractivity (Wildman–Crippen MR) is 178 cm³/mol. The minimum Gasteiger partial charge on any atom is -0.497 e. The van der Waals surface area contributed by atoms with E-state index in [9.17, 15) is 14.0 Å². The average molecular weight is 657 g/mol. The normalized spacial score (nSPS) is 14.4. The molecule has 1 aliphatic heterocycles. The number of para-hydroxylation sites is 1. The highest BCUT2D eigenvalue weighted by Gasteiger charge is 2.39. The average Bonchev–Trinajstić information content (AvgIpc) is 3.40. The van der Waals surface area contributed by atoms with E-state index in [1.807, 2.05) is 66.7 Å². The molecule has 0 spiro atoms. The Kier molecular flexibility index (Phi) is 9.28. The maximum absolute atomic E-state index is 14.0. The minimum atomic E-state index is -0.442. The van der Waals surface area contributed by atoms with E-state index >= 15 is 0 Å². The lowest BCUT2D eigenvalue weighted by Gasteiger charge is -2.24. The van der Waals surface area contributed by atoms with Crippen LogP contribution in [0.1, 0.15) is 21.9 Å². The molecular weight excluding hydrogens is 627 g/mol. The van der Waals surface area contributed by atoms with Gasteiger partial charge in [-0.3, -0.25) is 14.5 Å². The number of fused-ring (bicyclic) bond motifs is 1. The number of nitrogens with one attached hydrogen (secondary N) is 1. The molecule has 1 N–H and O–H groups in total. The van der Waals surface area contributed by atoms with Gasteiger partial charge < -0.3 is 14.8 Å². The van der Waals surface area contributed by atoms with Crippen LogP contribution in [0.3, 0.4) is 0 Å². The minimum absolute atomic E-state index is 0.0711. The molecule has 1 atom stereocenters. The third kappa shape index (κ3) is 6.31. The Hall–Kier alpha value is -4.80. The highest BCUT2D eigenvalue weighted by Crippen LogP contribution is 2.51. The molecule has 1 aliphatic rings. The smallest absolute Gasteiger partial charge is 0.240 e. The Balaban J connectivity index is 1.54. The second-order valence-corrected chi connectivity index (χ2v) is 12.0. The van der Waals surface area contributed by atoms with Crippen LogP contribution in [-0.2, 0) is 16.1 Å². The van der Waals surface area contributed by atoms with E-state index in [-0.39, 0.29) is 36.5 Å². The summed E-state index contributed by atoms with van der Waals surface area (Å²) in [5.41, 5.74) is 4.25. The molecule has 0 unspecified atom stereocenters. The van der Waals surface area contributed by atoms with Gasteiger partial charge in [-0.2, -0.15) is 5.10 Å². The maximum atomic E-state index is 14.0. The second kappa shape index (κ2) is 13.7. The molecule has 0 fully saturated rings. The second-order valence-electron chi connectivity index (χ2n) is 10.5.